The summed E-state index contributed by atoms with van der Waals surface area (Å²) in [5, 5.41) is 14.2. The normalized spacial score (nSPS) is 13.0. The van der Waals surface area contributed by atoms with Crippen LogP contribution in [0.5, 0.6) is 5.75 Å². The van der Waals surface area contributed by atoms with E-state index in [0.717, 1.165) is 0 Å². The monoisotopic (exact) mass is 340 g/mol. The van der Waals surface area contributed by atoms with Crippen LogP contribution in [0.15, 0.2) is 24.3 Å². The fraction of sp³-hybridized carbons (Fsp3) is 0.357. The minimum atomic E-state index is -0.942. The Morgan fingerprint density at radius 1 is 1.13 bits per heavy atom. The van der Waals surface area contributed by atoms with Gasteiger partial charge in [0.15, 0.2) is 0 Å². The maximum absolute atomic E-state index is 12.3. The number of amides is 3. The average Bonchev–Trinajstić information content (AvgIpc) is 2.53. The summed E-state index contributed by atoms with van der Waals surface area (Å²) >= 11 is 3.95. The standard InChI is InChI=1S/C14H20N4O4S/c15-6-12(20)17-10(5-8-1-3-9(19)4-2-8)14(22)18-11(7-23)13(16)21/h1-4,10-11,19,23H,5-7,15H2,(H2,16,21)(H,17,20)(H,18,22)/t10-,11-/m0/s1. The number of thiol groups is 1. The summed E-state index contributed by atoms with van der Waals surface area (Å²) in [5.74, 6) is -1.67. The number of rotatable bonds is 8. The predicted molar refractivity (Wildman–Crippen MR) is 87.8 cm³/mol. The quantitative estimate of drug-likeness (QED) is 0.311. The molecule has 0 aliphatic carbocycles. The van der Waals surface area contributed by atoms with Crippen LogP contribution >= 0.6 is 12.6 Å². The third-order valence-corrected chi connectivity index (χ3v) is 3.42. The number of nitrogens with two attached hydrogens (primary N) is 2. The maximum Gasteiger partial charge on any atom is 0.243 e. The number of benzene rings is 1. The first-order valence-corrected chi connectivity index (χ1v) is 7.48. The molecule has 0 aliphatic heterocycles. The first kappa shape index (κ1) is 18.8. The third-order valence-electron chi connectivity index (χ3n) is 3.06. The number of hydrogen-bond acceptors (Lipinski definition) is 6. The Bertz CT molecular complexity index is 564. The van der Waals surface area contributed by atoms with Gasteiger partial charge in [0.2, 0.25) is 17.7 Å². The smallest absolute Gasteiger partial charge is 0.243 e. The van der Waals surface area contributed by atoms with E-state index in [9.17, 15) is 19.5 Å². The molecule has 1 rings (SSSR count). The van der Waals surface area contributed by atoms with Gasteiger partial charge >= 0.3 is 0 Å². The number of carbonyl (C=O) groups excluding carboxylic acids is 3. The zero-order valence-corrected chi connectivity index (χ0v) is 13.3. The Morgan fingerprint density at radius 2 is 1.74 bits per heavy atom. The summed E-state index contributed by atoms with van der Waals surface area (Å²) in [5.41, 5.74) is 11.1. The van der Waals surface area contributed by atoms with Crippen LogP contribution in [0.4, 0.5) is 0 Å². The fourth-order valence-electron chi connectivity index (χ4n) is 1.81. The lowest BCUT2D eigenvalue weighted by molar-refractivity contribution is -0.130. The predicted octanol–water partition coefficient (Wildman–Crippen LogP) is -1.72. The molecule has 0 fully saturated rings. The molecule has 0 bridgehead atoms. The molecule has 126 valence electrons. The Kier molecular flexibility index (Phi) is 7.36. The Morgan fingerprint density at radius 3 is 2.22 bits per heavy atom. The van der Waals surface area contributed by atoms with Crippen LogP contribution in [0.3, 0.4) is 0 Å². The van der Waals surface area contributed by atoms with Crippen molar-refractivity contribution in [3.63, 3.8) is 0 Å². The van der Waals surface area contributed by atoms with Crippen LogP contribution in [0.2, 0.25) is 0 Å². The minimum Gasteiger partial charge on any atom is -0.508 e. The second-order valence-corrected chi connectivity index (χ2v) is 5.21. The summed E-state index contributed by atoms with van der Waals surface area (Å²) in [4.78, 5) is 35.0. The zero-order chi connectivity index (χ0) is 17.4. The summed E-state index contributed by atoms with van der Waals surface area (Å²) in [6, 6.07) is 4.30. The van der Waals surface area contributed by atoms with E-state index in [1.165, 1.54) is 12.1 Å². The maximum atomic E-state index is 12.3. The molecule has 0 unspecified atom stereocenters. The van der Waals surface area contributed by atoms with Gasteiger partial charge in [0.05, 0.1) is 6.54 Å². The molecular formula is C14H20N4O4S. The van der Waals surface area contributed by atoms with E-state index < -0.39 is 29.8 Å². The lowest BCUT2D eigenvalue weighted by atomic mass is 10.0. The molecule has 0 heterocycles. The number of primary amides is 1. The Labute approximate surface area is 139 Å². The van der Waals surface area contributed by atoms with Gasteiger partial charge in [0, 0.05) is 12.2 Å². The molecule has 9 heteroatoms. The molecule has 7 N–H and O–H groups in total. The van der Waals surface area contributed by atoms with Crippen molar-refractivity contribution in [1.29, 1.82) is 0 Å². The van der Waals surface area contributed by atoms with E-state index in [4.69, 9.17) is 11.5 Å². The van der Waals surface area contributed by atoms with Crippen LogP contribution in [0.25, 0.3) is 0 Å². The van der Waals surface area contributed by atoms with Gasteiger partial charge < -0.3 is 27.2 Å². The molecule has 2 atom stereocenters. The van der Waals surface area contributed by atoms with Gasteiger partial charge in [-0.3, -0.25) is 14.4 Å². The van der Waals surface area contributed by atoms with Crippen molar-refractivity contribution in [3.8, 4) is 5.75 Å². The van der Waals surface area contributed by atoms with Crippen molar-refractivity contribution < 1.29 is 19.5 Å². The zero-order valence-electron chi connectivity index (χ0n) is 12.4. The molecule has 1 aromatic rings. The number of phenolic OH excluding ortho intramolecular Hbond substituents is 1. The van der Waals surface area contributed by atoms with Crippen molar-refractivity contribution in [2.24, 2.45) is 11.5 Å². The molecule has 8 nitrogen and oxygen atoms in total. The van der Waals surface area contributed by atoms with Crippen molar-refractivity contribution in [1.82, 2.24) is 10.6 Å². The molecule has 0 saturated carbocycles. The van der Waals surface area contributed by atoms with Crippen LogP contribution < -0.4 is 22.1 Å². The second-order valence-electron chi connectivity index (χ2n) is 4.84. The summed E-state index contributed by atoms with van der Waals surface area (Å²) in [7, 11) is 0. The molecule has 23 heavy (non-hydrogen) atoms. The molecule has 0 radical (unpaired) electrons. The highest BCUT2D eigenvalue weighted by atomic mass is 32.1. The molecular weight excluding hydrogens is 320 g/mol. The topological polar surface area (TPSA) is 148 Å². The lowest BCUT2D eigenvalue weighted by Gasteiger charge is -2.21. The van der Waals surface area contributed by atoms with Gasteiger partial charge in [0.1, 0.15) is 17.8 Å². The van der Waals surface area contributed by atoms with Crippen LogP contribution in [-0.4, -0.2) is 47.2 Å². The first-order valence-electron chi connectivity index (χ1n) is 6.85. The second kappa shape index (κ2) is 9.01. The minimum absolute atomic E-state index is 0.0395. The van der Waals surface area contributed by atoms with E-state index in [0.29, 0.717) is 5.56 Å². The summed E-state index contributed by atoms with van der Waals surface area (Å²) in [6.07, 6.45) is 0.163. The number of carbonyl (C=O) groups is 3. The van der Waals surface area contributed by atoms with Gasteiger partial charge in [-0.05, 0) is 17.7 Å². The van der Waals surface area contributed by atoms with E-state index in [1.807, 2.05) is 0 Å². The number of aromatic hydroxyl groups is 1. The molecule has 1 aromatic carbocycles. The van der Waals surface area contributed by atoms with Crippen molar-refractivity contribution in [3.05, 3.63) is 29.8 Å². The SMILES string of the molecule is NCC(=O)N[C@@H](Cc1ccc(O)cc1)C(=O)N[C@@H](CS)C(N)=O. The van der Waals surface area contributed by atoms with Crippen molar-refractivity contribution in [2.75, 3.05) is 12.3 Å². The van der Waals surface area contributed by atoms with Gasteiger partial charge in [-0.25, -0.2) is 0 Å². The van der Waals surface area contributed by atoms with E-state index >= 15 is 0 Å². The Hall–Kier alpha value is -2.26. The Balaban J connectivity index is 2.86. The molecule has 0 aliphatic rings. The van der Waals surface area contributed by atoms with Crippen molar-refractivity contribution in [2.45, 2.75) is 18.5 Å². The van der Waals surface area contributed by atoms with Gasteiger partial charge in [0.25, 0.3) is 0 Å². The largest absolute Gasteiger partial charge is 0.508 e. The number of hydrogen-bond donors (Lipinski definition) is 6. The van der Waals surface area contributed by atoms with E-state index in [-0.39, 0.29) is 24.5 Å². The van der Waals surface area contributed by atoms with Crippen LogP contribution in [0, 0.1) is 0 Å². The summed E-state index contributed by atoms with van der Waals surface area (Å²) in [6.45, 7) is -0.273. The van der Waals surface area contributed by atoms with Gasteiger partial charge in [-0.15, -0.1) is 0 Å². The molecule has 0 saturated heterocycles. The molecule has 0 aromatic heterocycles. The van der Waals surface area contributed by atoms with Crippen molar-refractivity contribution >= 4 is 30.4 Å². The summed E-state index contributed by atoms with van der Waals surface area (Å²) < 4.78 is 0. The average molecular weight is 340 g/mol. The fourth-order valence-corrected chi connectivity index (χ4v) is 2.08. The highest BCUT2D eigenvalue weighted by Crippen LogP contribution is 2.11. The number of phenols is 1. The molecule has 3 amide bonds. The lowest BCUT2D eigenvalue weighted by Crippen LogP contribution is -2.55. The van der Waals surface area contributed by atoms with E-state index in [2.05, 4.69) is 23.3 Å². The van der Waals surface area contributed by atoms with E-state index in [1.54, 1.807) is 12.1 Å². The first-order chi connectivity index (χ1) is 10.9. The highest BCUT2D eigenvalue weighted by Gasteiger charge is 2.25. The van der Waals surface area contributed by atoms with Gasteiger partial charge in [-0.1, -0.05) is 12.1 Å². The van der Waals surface area contributed by atoms with Gasteiger partial charge in [-0.2, -0.15) is 12.6 Å². The van der Waals surface area contributed by atoms with Crippen LogP contribution in [-0.2, 0) is 20.8 Å². The van der Waals surface area contributed by atoms with Crippen LogP contribution in [0.1, 0.15) is 5.56 Å². The third kappa shape index (κ3) is 6.17. The highest BCUT2D eigenvalue weighted by molar-refractivity contribution is 7.80. The molecule has 0 spiro atoms. The number of nitrogens with one attached hydrogen (secondary N) is 2.